The van der Waals surface area contributed by atoms with Gasteiger partial charge in [0.15, 0.2) is 11.5 Å². The van der Waals surface area contributed by atoms with Gasteiger partial charge >= 0.3 is 0 Å². The van der Waals surface area contributed by atoms with Crippen molar-refractivity contribution in [3.63, 3.8) is 0 Å². The van der Waals surface area contributed by atoms with Crippen molar-refractivity contribution in [2.45, 2.75) is 6.10 Å². The highest BCUT2D eigenvalue weighted by Crippen LogP contribution is 2.30. The number of carbonyl (C=O) groups is 2. The van der Waals surface area contributed by atoms with Gasteiger partial charge in [0.2, 0.25) is 6.10 Å². The molecule has 0 aromatic heterocycles. The lowest BCUT2D eigenvalue weighted by Crippen LogP contribution is -2.46. The normalized spacial score (nSPS) is 15.6. The lowest BCUT2D eigenvalue weighted by molar-refractivity contribution is -0.132. The van der Waals surface area contributed by atoms with E-state index >= 15 is 0 Å². The van der Waals surface area contributed by atoms with Crippen LogP contribution < -0.4 is 20.2 Å². The van der Waals surface area contributed by atoms with E-state index in [1.54, 1.807) is 24.3 Å². The Morgan fingerprint density at radius 2 is 1.81 bits per heavy atom. The summed E-state index contributed by atoms with van der Waals surface area (Å²) in [6.07, 6.45) is 4.22. The fourth-order valence-electron chi connectivity index (χ4n) is 2.34. The Balaban J connectivity index is 1.38. The zero-order chi connectivity index (χ0) is 18.9. The molecule has 2 amide bonds. The topological polar surface area (TPSA) is 89.0 Å². The van der Waals surface area contributed by atoms with Gasteiger partial charge in [-0.2, -0.15) is 5.10 Å². The molecule has 0 saturated carbocycles. The molecular weight excluding hydrogens is 346 g/mol. The molecule has 1 aliphatic heterocycles. The van der Waals surface area contributed by atoms with E-state index in [2.05, 4.69) is 15.8 Å². The minimum absolute atomic E-state index is 0.0902. The summed E-state index contributed by atoms with van der Waals surface area (Å²) in [6.45, 7) is -0.118. The van der Waals surface area contributed by atoms with Gasteiger partial charge in [-0.15, -0.1) is 0 Å². The average molecular weight is 365 g/mol. The third-order valence-electron chi connectivity index (χ3n) is 3.66. The second-order valence-electron chi connectivity index (χ2n) is 5.66. The van der Waals surface area contributed by atoms with Crippen molar-refractivity contribution in [3.8, 4) is 11.5 Å². The molecular formula is C20H19N3O4. The third-order valence-corrected chi connectivity index (χ3v) is 3.66. The fraction of sp³-hybridized carbons (Fsp3) is 0.150. The third kappa shape index (κ3) is 5.43. The van der Waals surface area contributed by atoms with Gasteiger partial charge in [-0.25, -0.2) is 5.43 Å². The summed E-state index contributed by atoms with van der Waals surface area (Å²) in [6, 6.07) is 16.8. The number of hydrogen-bond donors (Lipinski definition) is 2. The number of fused-ring (bicyclic) bond motifs is 1. The lowest BCUT2D eigenvalue weighted by Gasteiger charge is -2.25. The molecule has 7 nitrogen and oxygen atoms in total. The Bertz CT molecular complexity index is 849. The molecule has 0 radical (unpaired) electrons. The van der Waals surface area contributed by atoms with E-state index in [0.717, 1.165) is 5.56 Å². The van der Waals surface area contributed by atoms with E-state index in [1.165, 1.54) is 6.21 Å². The molecule has 0 saturated heterocycles. The first-order chi connectivity index (χ1) is 13.2. The van der Waals surface area contributed by atoms with Crippen LogP contribution in [-0.2, 0) is 9.59 Å². The van der Waals surface area contributed by atoms with Crippen molar-refractivity contribution in [3.05, 3.63) is 66.2 Å². The summed E-state index contributed by atoms with van der Waals surface area (Å²) in [5.41, 5.74) is 3.36. The summed E-state index contributed by atoms with van der Waals surface area (Å²) >= 11 is 0. The van der Waals surface area contributed by atoms with Crippen molar-refractivity contribution < 1.29 is 19.1 Å². The molecule has 0 unspecified atom stereocenters. The molecule has 2 N–H and O–H groups in total. The molecule has 7 heteroatoms. The number of carbonyl (C=O) groups excluding carboxylic acids is 2. The standard InChI is InChI=1S/C20H19N3O4/c24-19(23-22-12-6-9-15-7-2-1-3-8-15)13-21-20(25)18-14-26-16-10-4-5-11-17(16)27-18/h1-12,18H,13-14H2,(H,21,25)(H,23,24)/b9-6+,22-12-/t18-/m0/s1. The summed E-state index contributed by atoms with van der Waals surface area (Å²) in [4.78, 5) is 23.8. The van der Waals surface area contributed by atoms with E-state index in [1.807, 2.05) is 42.5 Å². The van der Waals surface area contributed by atoms with E-state index in [0.29, 0.717) is 11.5 Å². The number of hydrazone groups is 1. The first-order valence-corrected chi connectivity index (χ1v) is 8.42. The molecule has 0 bridgehead atoms. The maximum Gasteiger partial charge on any atom is 0.265 e. The van der Waals surface area contributed by atoms with Gasteiger partial charge in [-0.3, -0.25) is 9.59 Å². The Kier molecular flexibility index (Phi) is 6.19. The van der Waals surface area contributed by atoms with Crippen LogP contribution in [0.15, 0.2) is 65.8 Å². The Hall–Kier alpha value is -3.61. The number of allylic oxidation sites excluding steroid dienone is 1. The Morgan fingerprint density at radius 3 is 2.63 bits per heavy atom. The predicted molar refractivity (Wildman–Crippen MR) is 101 cm³/mol. The molecule has 1 heterocycles. The van der Waals surface area contributed by atoms with E-state index < -0.39 is 17.9 Å². The molecule has 1 aliphatic rings. The molecule has 27 heavy (non-hydrogen) atoms. The zero-order valence-electron chi connectivity index (χ0n) is 14.5. The van der Waals surface area contributed by atoms with Crippen LogP contribution in [0, 0.1) is 0 Å². The van der Waals surface area contributed by atoms with Gasteiger partial charge in [0.25, 0.3) is 11.8 Å². The quantitative estimate of drug-likeness (QED) is 0.603. The molecule has 2 aromatic carbocycles. The molecule has 0 fully saturated rings. The molecule has 0 spiro atoms. The summed E-state index contributed by atoms with van der Waals surface area (Å²) in [7, 11) is 0. The van der Waals surface area contributed by atoms with Gasteiger partial charge in [-0.05, 0) is 23.8 Å². The van der Waals surface area contributed by atoms with Crippen LogP contribution in [0.1, 0.15) is 5.56 Å². The van der Waals surface area contributed by atoms with Crippen LogP contribution in [0.2, 0.25) is 0 Å². The van der Waals surface area contributed by atoms with Crippen molar-refractivity contribution in [2.75, 3.05) is 13.2 Å². The predicted octanol–water partition coefficient (Wildman–Crippen LogP) is 1.76. The van der Waals surface area contributed by atoms with Gasteiger partial charge in [0.1, 0.15) is 6.61 Å². The summed E-state index contributed by atoms with van der Waals surface area (Å²) in [5, 5.41) is 6.29. The molecule has 0 aliphatic carbocycles. The number of nitrogens with zero attached hydrogens (tertiary/aromatic N) is 1. The molecule has 3 rings (SSSR count). The summed E-state index contributed by atoms with van der Waals surface area (Å²) in [5.74, 6) is 0.234. The number of nitrogens with one attached hydrogen (secondary N) is 2. The number of hydrogen-bond acceptors (Lipinski definition) is 5. The van der Waals surface area contributed by atoms with Crippen LogP contribution in [0.4, 0.5) is 0 Å². The van der Waals surface area contributed by atoms with Crippen molar-refractivity contribution in [1.82, 2.24) is 10.7 Å². The number of amides is 2. The SMILES string of the molecule is O=C(CNC(=O)[C@@H]1COc2ccccc2O1)N/N=C\C=C\c1ccccc1. The van der Waals surface area contributed by atoms with Crippen molar-refractivity contribution in [2.24, 2.45) is 5.10 Å². The van der Waals surface area contributed by atoms with Crippen molar-refractivity contribution in [1.29, 1.82) is 0 Å². The number of para-hydroxylation sites is 2. The van der Waals surface area contributed by atoms with Crippen LogP contribution in [0.5, 0.6) is 11.5 Å². The van der Waals surface area contributed by atoms with E-state index in [9.17, 15) is 9.59 Å². The highest BCUT2D eigenvalue weighted by molar-refractivity contribution is 5.88. The van der Waals surface area contributed by atoms with Gasteiger partial charge in [0.05, 0.1) is 6.54 Å². The largest absolute Gasteiger partial charge is 0.485 e. The van der Waals surface area contributed by atoms with Gasteiger partial charge in [0, 0.05) is 6.21 Å². The van der Waals surface area contributed by atoms with Crippen LogP contribution in [0.25, 0.3) is 6.08 Å². The minimum atomic E-state index is -0.801. The highest BCUT2D eigenvalue weighted by atomic mass is 16.6. The smallest absolute Gasteiger partial charge is 0.265 e. The molecule has 2 aromatic rings. The molecule has 138 valence electrons. The van der Waals surface area contributed by atoms with Gasteiger partial charge < -0.3 is 14.8 Å². The van der Waals surface area contributed by atoms with Crippen LogP contribution >= 0.6 is 0 Å². The first kappa shape index (κ1) is 18.2. The summed E-state index contributed by atoms with van der Waals surface area (Å²) < 4.78 is 11.0. The average Bonchev–Trinajstić information content (AvgIpc) is 2.72. The number of rotatable bonds is 6. The minimum Gasteiger partial charge on any atom is -0.485 e. The van der Waals surface area contributed by atoms with Crippen LogP contribution in [0.3, 0.4) is 0 Å². The number of ether oxygens (including phenoxy) is 2. The maximum atomic E-state index is 12.1. The lowest BCUT2D eigenvalue weighted by atomic mass is 10.2. The monoisotopic (exact) mass is 365 g/mol. The van der Waals surface area contributed by atoms with Crippen molar-refractivity contribution >= 4 is 24.1 Å². The zero-order valence-corrected chi connectivity index (χ0v) is 14.5. The molecule has 1 atom stereocenters. The Morgan fingerprint density at radius 1 is 1.07 bits per heavy atom. The van der Waals surface area contributed by atoms with E-state index in [-0.39, 0.29) is 13.2 Å². The highest BCUT2D eigenvalue weighted by Gasteiger charge is 2.27. The van der Waals surface area contributed by atoms with Crippen LogP contribution in [-0.4, -0.2) is 37.3 Å². The Labute approximate surface area is 156 Å². The van der Waals surface area contributed by atoms with Gasteiger partial charge in [-0.1, -0.05) is 48.5 Å². The fourth-order valence-corrected chi connectivity index (χ4v) is 2.34. The second kappa shape index (κ2) is 9.19. The number of benzene rings is 2. The maximum absolute atomic E-state index is 12.1. The second-order valence-corrected chi connectivity index (χ2v) is 5.66. The first-order valence-electron chi connectivity index (χ1n) is 8.42. The van der Waals surface area contributed by atoms with E-state index in [4.69, 9.17) is 9.47 Å².